The molecule has 2 N–H and O–H groups in total. The van der Waals surface area contributed by atoms with Crippen molar-refractivity contribution in [2.45, 2.75) is 38.4 Å². The van der Waals surface area contributed by atoms with Crippen LogP contribution in [0.15, 0.2) is 71.9 Å². The molecule has 5 rings (SSSR count). The summed E-state index contributed by atoms with van der Waals surface area (Å²) in [4.78, 5) is 20.2. The molecule has 1 spiro atoms. The summed E-state index contributed by atoms with van der Waals surface area (Å²) in [6.07, 6.45) is 3.65. The molecule has 2 aliphatic rings. The number of aryl methyl sites for hydroxylation is 1. The number of hydrogen-bond acceptors (Lipinski definition) is 4. The highest BCUT2D eigenvalue weighted by Gasteiger charge is 2.44. The first kappa shape index (κ1) is 20.3. The maximum absolute atomic E-state index is 13.2. The number of carbonyl (C=O) groups is 1. The zero-order valence-corrected chi connectivity index (χ0v) is 18.3. The number of amidine groups is 1. The van der Waals surface area contributed by atoms with Gasteiger partial charge in [-0.1, -0.05) is 42.5 Å². The first-order chi connectivity index (χ1) is 15.7. The van der Waals surface area contributed by atoms with Crippen molar-refractivity contribution in [3.63, 3.8) is 0 Å². The number of nitrogens with zero attached hydrogens (tertiary/aromatic N) is 4. The number of nitrogens with one attached hydrogen (secondary N) is 2. The van der Waals surface area contributed by atoms with Crippen LogP contribution in [0.4, 0.5) is 11.4 Å². The Morgan fingerprint density at radius 3 is 2.66 bits per heavy atom. The normalized spacial score (nSPS) is 21.2. The van der Waals surface area contributed by atoms with Crippen LogP contribution in [0.5, 0.6) is 0 Å². The second-order valence-electron chi connectivity index (χ2n) is 8.42. The minimum Gasteiger partial charge on any atom is -0.370 e. The maximum atomic E-state index is 13.2. The lowest BCUT2D eigenvalue weighted by atomic mass is 9.85. The van der Waals surface area contributed by atoms with Gasteiger partial charge >= 0.3 is 0 Å². The summed E-state index contributed by atoms with van der Waals surface area (Å²) in [5.74, 6) is 0.857. The molecule has 2 aromatic carbocycles. The summed E-state index contributed by atoms with van der Waals surface area (Å²) in [5, 5.41) is 11.7. The Balaban J connectivity index is 1.46. The number of fused-ring (bicyclic) bond motifs is 1. The Labute approximate surface area is 188 Å². The van der Waals surface area contributed by atoms with E-state index in [1.807, 2.05) is 48.4 Å². The summed E-state index contributed by atoms with van der Waals surface area (Å²) in [7, 11) is 0. The van der Waals surface area contributed by atoms with Gasteiger partial charge in [0.15, 0.2) is 0 Å². The van der Waals surface area contributed by atoms with E-state index in [1.165, 1.54) is 0 Å². The van der Waals surface area contributed by atoms with Gasteiger partial charge in [0, 0.05) is 19.3 Å². The fourth-order valence-corrected chi connectivity index (χ4v) is 4.55. The van der Waals surface area contributed by atoms with E-state index in [4.69, 9.17) is 4.99 Å². The average Bonchev–Trinajstić information content (AvgIpc) is 3.32. The third kappa shape index (κ3) is 3.86. The van der Waals surface area contributed by atoms with Crippen molar-refractivity contribution in [2.24, 2.45) is 4.99 Å². The lowest BCUT2D eigenvalue weighted by molar-refractivity contribution is 0.0687. The van der Waals surface area contributed by atoms with Crippen molar-refractivity contribution >= 4 is 23.1 Å². The van der Waals surface area contributed by atoms with Crippen molar-refractivity contribution in [3.8, 4) is 0 Å². The van der Waals surface area contributed by atoms with E-state index in [0.717, 1.165) is 48.7 Å². The van der Waals surface area contributed by atoms with Crippen molar-refractivity contribution in [1.82, 2.24) is 14.7 Å². The number of aromatic nitrogens is 2. The van der Waals surface area contributed by atoms with Crippen LogP contribution in [0.3, 0.4) is 0 Å². The predicted octanol–water partition coefficient (Wildman–Crippen LogP) is 4.01. The van der Waals surface area contributed by atoms with E-state index in [2.05, 4.69) is 40.0 Å². The number of hydrogen-bond donors (Lipinski definition) is 2. The van der Waals surface area contributed by atoms with Gasteiger partial charge in [0.25, 0.3) is 5.91 Å². The number of amides is 1. The highest BCUT2D eigenvalue weighted by Crippen LogP contribution is 2.36. The van der Waals surface area contributed by atoms with E-state index >= 15 is 0 Å². The van der Waals surface area contributed by atoms with Crippen LogP contribution in [-0.4, -0.2) is 45.1 Å². The molecule has 164 valence electrons. The molecule has 2 aliphatic heterocycles. The van der Waals surface area contributed by atoms with Crippen LogP contribution in [0.2, 0.25) is 0 Å². The largest absolute Gasteiger partial charge is 0.370 e. The van der Waals surface area contributed by atoms with E-state index < -0.39 is 5.54 Å². The maximum Gasteiger partial charge on any atom is 0.274 e. The number of likely N-dealkylation sites (tertiary alicyclic amines) is 1. The topological polar surface area (TPSA) is 74.6 Å². The summed E-state index contributed by atoms with van der Waals surface area (Å²) >= 11 is 0. The molecule has 3 heterocycles. The van der Waals surface area contributed by atoms with Gasteiger partial charge < -0.3 is 15.5 Å². The van der Waals surface area contributed by atoms with Gasteiger partial charge in [-0.15, -0.1) is 0 Å². The zero-order chi connectivity index (χ0) is 22.0. The Kier molecular flexibility index (Phi) is 5.39. The number of piperidine rings is 1. The van der Waals surface area contributed by atoms with Gasteiger partial charge in [-0.2, -0.15) is 5.10 Å². The standard InChI is InChI=1S/C25H28N6O/c1-2-31-16-13-22(29-31)23(32)30-15-8-14-25(18-30)24(26-17-19-9-4-3-5-10-19)27-20-11-6-7-12-21(20)28-25/h3-7,9-13,16,28H,2,8,14-15,17-18H2,1H3,(H,26,27). The fraction of sp³-hybridized carbons (Fsp3) is 0.320. The first-order valence-corrected chi connectivity index (χ1v) is 11.2. The molecule has 0 aliphatic carbocycles. The minimum atomic E-state index is -0.454. The Bertz CT molecular complexity index is 1140. The zero-order valence-electron chi connectivity index (χ0n) is 18.3. The monoisotopic (exact) mass is 428 g/mol. The van der Waals surface area contributed by atoms with Crippen molar-refractivity contribution < 1.29 is 4.79 Å². The molecule has 1 atom stereocenters. The molecule has 0 saturated carbocycles. The summed E-state index contributed by atoms with van der Waals surface area (Å²) in [5.41, 5.74) is 3.25. The first-order valence-electron chi connectivity index (χ1n) is 11.2. The van der Waals surface area contributed by atoms with Gasteiger partial charge in [0.1, 0.15) is 17.1 Å². The van der Waals surface area contributed by atoms with E-state index in [1.54, 1.807) is 10.7 Å². The van der Waals surface area contributed by atoms with Crippen molar-refractivity contribution in [1.29, 1.82) is 0 Å². The van der Waals surface area contributed by atoms with E-state index in [-0.39, 0.29) is 5.91 Å². The third-order valence-corrected chi connectivity index (χ3v) is 6.23. The Morgan fingerprint density at radius 2 is 1.88 bits per heavy atom. The molecule has 1 saturated heterocycles. The molecule has 1 fully saturated rings. The number of aliphatic imine (C=N–C) groups is 1. The molecule has 3 aromatic rings. The van der Waals surface area contributed by atoms with Crippen LogP contribution >= 0.6 is 0 Å². The van der Waals surface area contributed by atoms with Crippen LogP contribution in [0, 0.1) is 0 Å². The van der Waals surface area contributed by atoms with Gasteiger partial charge in [-0.3, -0.25) is 14.5 Å². The molecule has 7 heteroatoms. The number of rotatable bonds is 4. The number of carbonyl (C=O) groups excluding carboxylic acids is 1. The lowest BCUT2D eigenvalue weighted by Gasteiger charge is -2.47. The highest BCUT2D eigenvalue weighted by atomic mass is 16.2. The van der Waals surface area contributed by atoms with Gasteiger partial charge in [0.05, 0.1) is 24.5 Å². The average molecular weight is 429 g/mol. The van der Waals surface area contributed by atoms with Crippen molar-refractivity contribution in [2.75, 3.05) is 23.7 Å². The highest BCUT2D eigenvalue weighted by molar-refractivity contribution is 6.10. The van der Waals surface area contributed by atoms with Crippen LogP contribution in [-0.2, 0) is 13.1 Å². The lowest BCUT2D eigenvalue weighted by Crippen LogP contribution is -2.62. The minimum absolute atomic E-state index is 0.0284. The predicted molar refractivity (Wildman–Crippen MR) is 127 cm³/mol. The summed E-state index contributed by atoms with van der Waals surface area (Å²) < 4.78 is 1.79. The Morgan fingerprint density at radius 1 is 1.09 bits per heavy atom. The van der Waals surface area contributed by atoms with Gasteiger partial charge in [-0.05, 0) is 43.5 Å². The molecule has 0 bridgehead atoms. The molecule has 1 amide bonds. The quantitative estimate of drug-likeness (QED) is 0.658. The molecular formula is C25H28N6O. The Hall–Kier alpha value is -3.61. The number of para-hydroxylation sites is 2. The van der Waals surface area contributed by atoms with Gasteiger partial charge in [0.2, 0.25) is 0 Å². The molecule has 32 heavy (non-hydrogen) atoms. The molecular weight excluding hydrogens is 400 g/mol. The molecule has 1 unspecified atom stereocenters. The SMILES string of the molecule is CCn1ccc(C(=O)N2CCCC3(C2)Nc2ccccc2NC3=NCc2ccccc2)n1. The third-order valence-electron chi connectivity index (χ3n) is 6.23. The van der Waals surface area contributed by atoms with Crippen LogP contribution < -0.4 is 10.6 Å². The second-order valence-corrected chi connectivity index (χ2v) is 8.42. The van der Waals surface area contributed by atoms with E-state index in [0.29, 0.717) is 18.8 Å². The molecule has 1 aromatic heterocycles. The van der Waals surface area contributed by atoms with E-state index in [9.17, 15) is 4.79 Å². The molecule has 7 nitrogen and oxygen atoms in total. The summed E-state index contributed by atoms with van der Waals surface area (Å²) in [6.45, 7) is 4.61. The van der Waals surface area contributed by atoms with Gasteiger partial charge in [-0.25, -0.2) is 0 Å². The van der Waals surface area contributed by atoms with Crippen LogP contribution in [0.1, 0.15) is 35.8 Å². The molecule has 0 radical (unpaired) electrons. The van der Waals surface area contributed by atoms with Crippen LogP contribution in [0.25, 0.3) is 0 Å². The smallest absolute Gasteiger partial charge is 0.274 e. The second kappa shape index (κ2) is 8.49. The fourth-order valence-electron chi connectivity index (χ4n) is 4.55. The summed E-state index contributed by atoms with van der Waals surface area (Å²) in [6, 6.07) is 20.2. The van der Waals surface area contributed by atoms with Crippen molar-refractivity contribution in [3.05, 3.63) is 78.1 Å². The number of anilines is 2. The number of benzene rings is 2.